The molecule has 0 saturated heterocycles. The monoisotopic (exact) mass is 439 g/mol. The number of carbonyl (C=O) groups excluding carboxylic acids is 1. The fraction of sp³-hybridized carbons (Fsp3) is 0.182. The fourth-order valence-electron chi connectivity index (χ4n) is 3.69. The Labute approximate surface area is 183 Å². The first-order valence-corrected chi connectivity index (χ1v) is 10.8. The molecule has 1 N–H and O–H groups in total. The number of ether oxygens (including phenoxy) is 1. The third kappa shape index (κ3) is 3.44. The second-order valence-corrected chi connectivity index (χ2v) is 8.27. The second-order valence-electron chi connectivity index (χ2n) is 7.00. The minimum absolute atomic E-state index is 0.154. The van der Waals surface area contributed by atoms with Crippen molar-refractivity contribution in [2.75, 3.05) is 31.1 Å². The van der Waals surface area contributed by atoms with Gasteiger partial charge in [-0.2, -0.15) is 0 Å². The minimum Gasteiger partial charge on any atom is -0.508 e. The number of amides is 1. The Morgan fingerprint density at radius 3 is 2.90 bits per heavy atom. The van der Waals surface area contributed by atoms with Gasteiger partial charge in [-0.25, -0.2) is 0 Å². The van der Waals surface area contributed by atoms with E-state index in [1.54, 1.807) is 53.1 Å². The van der Waals surface area contributed by atoms with E-state index >= 15 is 0 Å². The Hall–Kier alpha value is -2.90. The van der Waals surface area contributed by atoms with Crippen LogP contribution in [0, 0.1) is 0 Å². The van der Waals surface area contributed by atoms with Crippen LogP contribution in [-0.2, 0) is 4.79 Å². The van der Waals surface area contributed by atoms with Crippen molar-refractivity contribution in [2.24, 2.45) is 4.99 Å². The Morgan fingerprint density at radius 1 is 1.23 bits per heavy atom. The SMILES string of the molecule is O=C(C=Cc1ccc(O)cc1)N1CCOc2c(C3=CSC4=NCCN34)cc(Cl)cc21. The molecule has 2 aromatic carbocycles. The zero-order valence-corrected chi connectivity index (χ0v) is 17.5. The Kier molecular flexibility index (Phi) is 4.92. The minimum atomic E-state index is -0.154. The van der Waals surface area contributed by atoms with Crippen molar-refractivity contribution in [2.45, 2.75) is 0 Å². The number of hydrogen-bond acceptors (Lipinski definition) is 6. The van der Waals surface area contributed by atoms with Crippen molar-refractivity contribution in [3.63, 3.8) is 0 Å². The molecule has 152 valence electrons. The van der Waals surface area contributed by atoms with Gasteiger partial charge in [0.15, 0.2) is 10.9 Å². The number of amidine groups is 1. The second kappa shape index (κ2) is 7.74. The van der Waals surface area contributed by atoms with E-state index in [9.17, 15) is 9.90 Å². The summed E-state index contributed by atoms with van der Waals surface area (Å²) in [6.07, 6.45) is 3.25. The van der Waals surface area contributed by atoms with Crippen LogP contribution in [-0.4, -0.2) is 47.3 Å². The fourth-order valence-corrected chi connectivity index (χ4v) is 4.85. The molecule has 0 atom stereocenters. The molecule has 30 heavy (non-hydrogen) atoms. The first-order valence-electron chi connectivity index (χ1n) is 9.54. The molecule has 0 radical (unpaired) electrons. The van der Waals surface area contributed by atoms with Gasteiger partial charge in [0.25, 0.3) is 5.91 Å². The lowest BCUT2D eigenvalue weighted by atomic mass is 10.1. The smallest absolute Gasteiger partial charge is 0.251 e. The molecular weight excluding hydrogens is 422 g/mol. The van der Waals surface area contributed by atoms with E-state index in [1.165, 1.54) is 6.08 Å². The van der Waals surface area contributed by atoms with Crippen molar-refractivity contribution in [3.05, 3.63) is 64.0 Å². The lowest BCUT2D eigenvalue weighted by molar-refractivity contribution is -0.114. The van der Waals surface area contributed by atoms with E-state index in [0.29, 0.717) is 29.6 Å². The van der Waals surface area contributed by atoms with Crippen molar-refractivity contribution in [1.29, 1.82) is 0 Å². The van der Waals surface area contributed by atoms with Gasteiger partial charge in [0.05, 0.1) is 24.5 Å². The highest BCUT2D eigenvalue weighted by Gasteiger charge is 2.32. The lowest BCUT2D eigenvalue weighted by Crippen LogP contribution is -2.37. The standard InChI is InChI=1S/C22H18ClN3O3S/c23-15-11-17(19-13-30-22-24-7-8-26(19)22)21-18(12-15)25(9-10-29-21)20(28)6-3-14-1-4-16(27)5-2-14/h1-6,11-13,27H,7-10H2. The summed E-state index contributed by atoms with van der Waals surface area (Å²) in [4.78, 5) is 21.3. The number of fused-ring (bicyclic) bond motifs is 2. The van der Waals surface area contributed by atoms with Gasteiger partial charge in [-0.1, -0.05) is 35.5 Å². The molecule has 6 nitrogen and oxygen atoms in total. The number of anilines is 1. The van der Waals surface area contributed by atoms with E-state index in [1.807, 2.05) is 6.07 Å². The zero-order chi connectivity index (χ0) is 20.7. The zero-order valence-electron chi connectivity index (χ0n) is 15.9. The van der Waals surface area contributed by atoms with Crippen LogP contribution < -0.4 is 9.64 Å². The van der Waals surface area contributed by atoms with Crippen LogP contribution in [0.1, 0.15) is 11.1 Å². The lowest BCUT2D eigenvalue weighted by Gasteiger charge is -2.31. The first kappa shape index (κ1) is 19.1. The normalized spacial score (nSPS) is 17.5. The topological polar surface area (TPSA) is 65.4 Å². The van der Waals surface area contributed by atoms with Gasteiger partial charge in [0.2, 0.25) is 0 Å². The molecule has 0 unspecified atom stereocenters. The molecule has 0 spiro atoms. The summed E-state index contributed by atoms with van der Waals surface area (Å²) in [5.41, 5.74) is 3.37. The van der Waals surface area contributed by atoms with Crippen LogP contribution in [0.2, 0.25) is 5.02 Å². The third-order valence-corrected chi connectivity index (χ3v) is 6.23. The molecule has 3 aliphatic heterocycles. The Balaban J connectivity index is 1.47. The van der Waals surface area contributed by atoms with E-state index in [4.69, 9.17) is 16.3 Å². The van der Waals surface area contributed by atoms with Crippen molar-refractivity contribution in [3.8, 4) is 11.5 Å². The number of rotatable bonds is 3. The Morgan fingerprint density at radius 2 is 2.07 bits per heavy atom. The molecule has 8 heteroatoms. The van der Waals surface area contributed by atoms with E-state index in [0.717, 1.165) is 35.1 Å². The number of aliphatic imine (C=N–C) groups is 1. The number of halogens is 1. The molecule has 3 heterocycles. The molecule has 0 fully saturated rings. The number of phenols is 1. The van der Waals surface area contributed by atoms with E-state index in [-0.39, 0.29) is 11.7 Å². The van der Waals surface area contributed by atoms with E-state index in [2.05, 4.69) is 15.3 Å². The molecule has 0 bridgehead atoms. The molecule has 0 saturated carbocycles. The molecule has 0 aromatic heterocycles. The molecule has 2 aromatic rings. The summed E-state index contributed by atoms with van der Waals surface area (Å²) in [7, 11) is 0. The van der Waals surface area contributed by atoms with Crippen molar-refractivity contribution in [1.82, 2.24) is 4.90 Å². The van der Waals surface area contributed by atoms with Crippen LogP contribution in [0.25, 0.3) is 11.8 Å². The number of benzene rings is 2. The summed E-state index contributed by atoms with van der Waals surface area (Å²) in [6, 6.07) is 10.3. The van der Waals surface area contributed by atoms with Crippen molar-refractivity contribution >= 4 is 51.9 Å². The average molecular weight is 440 g/mol. The van der Waals surface area contributed by atoms with Crippen LogP contribution in [0.5, 0.6) is 11.5 Å². The van der Waals surface area contributed by atoms with Crippen LogP contribution in [0.4, 0.5) is 5.69 Å². The van der Waals surface area contributed by atoms with Crippen LogP contribution >= 0.6 is 23.4 Å². The van der Waals surface area contributed by atoms with Crippen LogP contribution in [0.15, 0.2) is 52.9 Å². The summed E-state index contributed by atoms with van der Waals surface area (Å²) >= 11 is 8.03. The maximum Gasteiger partial charge on any atom is 0.251 e. The molecule has 0 aliphatic carbocycles. The van der Waals surface area contributed by atoms with Gasteiger partial charge in [-0.05, 0) is 35.9 Å². The van der Waals surface area contributed by atoms with E-state index < -0.39 is 0 Å². The highest BCUT2D eigenvalue weighted by atomic mass is 35.5. The van der Waals surface area contributed by atoms with Gasteiger partial charge in [0, 0.05) is 28.6 Å². The number of aromatic hydroxyl groups is 1. The predicted octanol–water partition coefficient (Wildman–Crippen LogP) is 4.20. The maximum absolute atomic E-state index is 13.0. The first-order chi connectivity index (χ1) is 14.6. The summed E-state index contributed by atoms with van der Waals surface area (Å²) in [5.74, 6) is 0.699. The summed E-state index contributed by atoms with van der Waals surface area (Å²) in [5, 5.41) is 13.0. The van der Waals surface area contributed by atoms with Crippen molar-refractivity contribution < 1.29 is 14.6 Å². The van der Waals surface area contributed by atoms with Gasteiger partial charge in [-0.15, -0.1) is 0 Å². The summed E-state index contributed by atoms with van der Waals surface area (Å²) < 4.78 is 6.01. The maximum atomic E-state index is 13.0. The highest BCUT2D eigenvalue weighted by molar-refractivity contribution is 8.16. The average Bonchev–Trinajstić information content (AvgIpc) is 3.36. The number of carbonyl (C=O) groups is 1. The van der Waals surface area contributed by atoms with Gasteiger partial charge < -0.3 is 19.6 Å². The molecule has 5 rings (SSSR count). The van der Waals surface area contributed by atoms with Crippen LogP contribution in [0.3, 0.4) is 0 Å². The quantitative estimate of drug-likeness (QED) is 0.726. The highest BCUT2D eigenvalue weighted by Crippen LogP contribution is 2.45. The van der Waals surface area contributed by atoms with Gasteiger partial charge >= 0.3 is 0 Å². The molecule has 1 amide bonds. The van der Waals surface area contributed by atoms with Gasteiger partial charge in [0.1, 0.15) is 12.4 Å². The molecule has 3 aliphatic rings. The Bertz CT molecular complexity index is 1110. The third-order valence-electron chi connectivity index (χ3n) is 5.11. The summed E-state index contributed by atoms with van der Waals surface area (Å²) in [6.45, 7) is 2.45. The number of nitrogens with zero attached hydrogens (tertiary/aromatic N) is 3. The largest absolute Gasteiger partial charge is 0.508 e. The predicted molar refractivity (Wildman–Crippen MR) is 121 cm³/mol. The number of hydrogen-bond donors (Lipinski definition) is 1. The number of thioether (sulfide) groups is 1. The molecular formula is C22H18ClN3O3S. The number of phenolic OH excluding ortho intramolecular Hbond substituents is 1. The van der Waals surface area contributed by atoms with Gasteiger partial charge in [-0.3, -0.25) is 9.79 Å².